The molecule has 6 nitrogen and oxygen atoms in total. The average Bonchev–Trinajstić information content (AvgIpc) is 2.90. The van der Waals surface area contributed by atoms with Crippen LogP contribution in [0, 0.1) is 6.92 Å². The van der Waals surface area contributed by atoms with Crippen LogP contribution >= 0.6 is 0 Å². The van der Waals surface area contributed by atoms with E-state index < -0.39 is 0 Å². The number of nitrogens with two attached hydrogens (primary N) is 1. The molecule has 0 aliphatic carbocycles. The van der Waals surface area contributed by atoms with Crippen molar-refractivity contribution in [2.45, 2.75) is 44.7 Å². The van der Waals surface area contributed by atoms with Crippen molar-refractivity contribution in [1.29, 1.82) is 0 Å². The summed E-state index contributed by atoms with van der Waals surface area (Å²) in [7, 11) is 0. The van der Waals surface area contributed by atoms with Crippen LogP contribution in [-0.4, -0.2) is 41.0 Å². The first-order valence-electron chi connectivity index (χ1n) is 7.67. The molecule has 114 valence electrons. The number of carbonyl (C=O) groups is 1. The molecule has 2 unspecified atom stereocenters. The standard InChI is InChI=1S/C15H23N5O/c1-10-8-13(19-16)11(9-17-10)15(21)18-12-5-7-20-6-3-2-4-14(12)20/h8-9,12,14H,2-7,16H2,1H3,(H,17,19)(H,18,21). The number of fused-ring (bicyclic) bond motifs is 1. The molecule has 2 atom stereocenters. The van der Waals surface area contributed by atoms with E-state index in [1.165, 1.54) is 25.8 Å². The maximum atomic E-state index is 12.5. The van der Waals surface area contributed by atoms with Gasteiger partial charge in [0.1, 0.15) is 0 Å². The quantitative estimate of drug-likeness (QED) is 0.572. The summed E-state index contributed by atoms with van der Waals surface area (Å²) in [6.45, 7) is 4.13. The monoisotopic (exact) mass is 289 g/mol. The molecule has 0 spiro atoms. The Labute approximate surface area is 125 Å². The zero-order valence-electron chi connectivity index (χ0n) is 12.4. The summed E-state index contributed by atoms with van der Waals surface area (Å²) in [5, 5.41) is 3.17. The minimum atomic E-state index is -0.0899. The molecule has 2 fully saturated rings. The Kier molecular flexibility index (Phi) is 4.07. The molecule has 3 heterocycles. The van der Waals surface area contributed by atoms with Gasteiger partial charge < -0.3 is 10.7 Å². The van der Waals surface area contributed by atoms with Crippen LogP contribution < -0.4 is 16.6 Å². The maximum Gasteiger partial charge on any atom is 0.255 e. The van der Waals surface area contributed by atoms with Crippen molar-refractivity contribution in [1.82, 2.24) is 15.2 Å². The lowest BCUT2D eigenvalue weighted by Crippen LogP contribution is -2.46. The third kappa shape index (κ3) is 2.87. The first kappa shape index (κ1) is 14.3. The number of piperidine rings is 1. The molecule has 2 aliphatic heterocycles. The van der Waals surface area contributed by atoms with E-state index in [1.807, 2.05) is 6.92 Å². The minimum Gasteiger partial charge on any atom is -0.348 e. The lowest BCUT2D eigenvalue weighted by Gasteiger charge is -2.32. The van der Waals surface area contributed by atoms with Crippen LogP contribution in [0.5, 0.6) is 0 Å². The summed E-state index contributed by atoms with van der Waals surface area (Å²) >= 11 is 0. The number of nitrogens with zero attached hydrogens (tertiary/aromatic N) is 2. The van der Waals surface area contributed by atoms with Crippen LogP contribution in [0.3, 0.4) is 0 Å². The summed E-state index contributed by atoms with van der Waals surface area (Å²) in [4.78, 5) is 19.2. The molecule has 4 N–H and O–H groups in total. The van der Waals surface area contributed by atoms with E-state index in [-0.39, 0.29) is 11.9 Å². The van der Waals surface area contributed by atoms with Gasteiger partial charge in [-0.15, -0.1) is 0 Å². The summed E-state index contributed by atoms with van der Waals surface area (Å²) in [6.07, 6.45) is 6.34. The Bertz CT molecular complexity index is 533. The highest BCUT2D eigenvalue weighted by molar-refractivity contribution is 5.99. The highest BCUT2D eigenvalue weighted by atomic mass is 16.1. The van der Waals surface area contributed by atoms with E-state index in [2.05, 4.69) is 20.6 Å². The van der Waals surface area contributed by atoms with Crippen LogP contribution in [0.15, 0.2) is 12.3 Å². The van der Waals surface area contributed by atoms with Crippen molar-refractivity contribution >= 4 is 11.6 Å². The number of anilines is 1. The number of amides is 1. The Morgan fingerprint density at radius 2 is 2.24 bits per heavy atom. The fourth-order valence-corrected chi connectivity index (χ4v) is 3.52. The predicted octanol–water partition coefficient (Wildman–Crippen LogP) is 1.03. The third-order valence-electron chi connectivity index (χ3n) is 4.61. The van der Waals surface area contributed by atoms with Gasteiger partial charge in [-0.05, 0) is 38.8 Å². The van der Waals surface area contributed by atoms with Gasteiger partial charge in [-0.2, -0.15) is 0 Å². The van der Waals surface area contributed by atoms with Gasteiger partial charge in [0.15, 0.2) is 0 Å². The van der Waals surface area contributed by atoms with Crippen molar-refractivity contribution in [3.63, 3.8) is 0 Å². The fraction of sp³-hybridized carbons (Fsp3) is 0.600. The summed E-state index contributed by atoms with van der Waals surface area (Å²) in [5.41, 5.74) is 4.55. The zero-order chi connectivity index (χ0) is 14.8. The number of nitrogen functional groups attached to an aromatic ring is 1. The van der Waals surface area contributed by atoms with Crippen LogP contribution in [0.2, 0.25) is 0 Å². The molecule has 1 amide bonds. The van der Waals surface area contributed by atoms with Crippen molar-refractivity contribution in [2.75, 3.05) is 18.5 Å². The molecule has 1 aromatic heterocycles. The number of aryl methyl sites for hydroxylation is 1. The molecule has 0 saturated carbocycles. The number of pyridine rings is 1. The molecule has 21 heavy (non-hydrogen) atoms. The first-order chi connectivity index (χ1) is 10.2. The van der Waals surface area contributed by atoms with Gasteiger partial charge in [-0.1, -0.05) is 6.42 Å². The van der Waals surface area contributed by atoms with Crippen LogP contribution in [0.25, 0.3) is 0 Å². The topological polar surface area (TPSA) is 83.3 Å². The average molecular weight is 289 g/mol. The summed E-state index contributed by atoms with van der Waals surface area (Å²) in [6, 6.07) is 2.52. The van der Waals surface area contributed by atoms with Gasteiger partial charge in [-0.25, -0.2) is 0 Å². The van der Waals surface area contributed by atoms with E-state index in [4.69, 9.17) is 5.84 Å². The highest BCUT2D eigenvalue weighted by Gasteiger charge is 2.36. The molecule has 3 rings (SSSR count). The van der Waals surface area contributed by atoms with Gasteiger partial charge in [-0.3, -0.25) is 20.5 Å². The van der Waals surface area contributed by atoms with Gasteiger partial charge in [0.25, 0.3) is 5.91 Å². The second-order valence-electron chi connectivity index (χ2n) is 5.98. The third-order valence-corrected chi connectivity index (χ3v) is 4.61. The zero-order valence-corrected chi connectivity index (χ0v) is 12.4. The number of nitrogens with one attached hydrogen (secondary N) is 2. The van der Waals surface area contributed by atoms with Gasteiger partial charge in [0, 0.05) is 30.5 Å². The smallest absolute Gasteiger partial charge is 0.255 e. The second kappa shape index (κ2) is 5.99. The van der Waals surface area contributed by atoms with Crippen LogP contribution in [-0.2, 0) is 0 Å². The Hall–Kier alpha value is -1.66. The number of aromatic nitrogens is 1. The summed E-state index contributed by atoms with van der Waals surface area (Å²) < 4.78 is 0. The highest BCUT2D eigenvalue weighted by Crippen LogP contribution is 2.27. The lowest BCUT2D eigenvalue weighted by molar-refractivity contribution is 0.0915. The minimum absolute atomic E-state index is 0.0899. The van der Waals surface area contributed by atoms with E-state index in [9.17, 15) is 4.79 Å². The molecular weight excluding hydrogens is 266 g/mol. The van der Waals surface area contributed by atoms with Crippen molar-refractivity contribution < 1.29 is 4.79 Å². The van der Waals surface area contributed by atoms with E-state index in [0.717, 1.165) is 18.7 Å². The first-order valence-corrected chi connectivity index (χ1v) is 7.67. The van der Waals surface area contributed by atoms with Gasteiger partial charge in [0.2, 0.25) is 0 Å². The maximum absolute atomic E-state index is 12.5. The molecule has 0 bridgehead atoms. The van der Waals surface area contributed by atoms with Crippen LogP contribution in [0.1, 0.15) is 41.7 Å². The SMILES string of the molecule is Cc1cc(NN)c(C(=O)NC2CCN3CCCCC23)cn1. The molecule has 0 aromatic carbocycles. The Morgan fingerprint density at radius 3 is 3.05 bits per heavy atom. The van der Waals surface area contributed by atoms with Crippen molar-refractivity contribution in [2.24, 2.45) is 5.84 Å². The summed E-state index contributed by atoms with van der Waals surface area (Å²) in [5.74, 6) is 5.42. The van der Waals surface area contributed by atoms with Crippen molar-refractivity contribution in [3.05, 3.63) is 23.5 Å². The number of rotatable bonds is 3. The number of hydrazine groups is 1. The number of hydrogen-bond donors (Lipinski definition) is 3. The predicted molar refractivity (Wildman–Crippen MR) is 81.9 cm³/mol. The number of carbonyl (C=O) groups excluding carboxylic acids is 1. The van der Waals surface area contributed by atoms with E-state index in [1.54, 1.807) is 12.3 Å². The molecule has 2 saturated heterocycles. The molecule has 2 aliphatic rings. The number of hydrogen-bond acceptors (Lipinski definition) is 5. The van der Waals surface area contributed by atoms with Crippen molar-refractivity contribution in [3.8, 4) is 0 Å². The lowest BCUT2D eigenvalue weighted by atomic mass is 9.99. The van der Waals surface area contributed by atoms with Crippen LogP contribution in [0.4, 0.5) is 5.69 Å². The largest absolute Gasteiger partial charge is 0.348 e. The van der Waals surface area contributed by atoms with Gasteiger partial charge in [0.05, 0.1) is 11.3 Å². The second-order valence-corrected chi connectivity index (χ2v) is 5.98. The molecule has 1 aromatic rings. The van der Waals surface area contributed by atoms with Gasteiger partial charge >= 0.3 is 0 Å². The molecule has 0 radical (unpaired) electrons. The van der Waals surface area contributed by atoms with E-state index in [0.29, 0.717) is 17.3 Å². The molecule has 6 heteroatoms. The Balaban J connectivity index is 1.72. The van der Waals surface area contributed by atoms with E-state index >= 15 is 0 Å². The normalized spacial score (nSPS) is 25.4. The Morgan fingerprint density at radius 1 is 1.38 bits per heavy atom. The fourth-order valence-electron chi connectivity index (χ4n) is 3.52. The molecular formula is C15H23N5O.